The molecule has 0 saturated carbocycles. The first-order valence-corrected chi connectivity index (χ1v) is 10.3. The maximum Gasteiger partial charge on any atom is 0.250 e. The lowest BCUT2D eigenvalue weighted by Gasteiger charge is -2.34. The van der Waals surface area contributed by atoms with Crippen molar-refractivity contribution in [2.24, 2.45) is 0 Å². The van der Waals surface area contributed by atoms with E-state index >= 15 is 0 Å². The number of benzene rings is 2. The van der Waals surface area contributed by atoms with Gasteiger partial charge < -0.3 is 10.2 Å². The predicted octanol–water partition coefficient (Wildman–Crippen LogP) is 2.32. The Morgan fingerprint density at radius 2 is 1.77 bits per heavy atom. The van der Waals surface area contributed by atoms with Gasteiger partial charge in [-0.3, -0.25) is 9.69 Å². The van der Waals surface area contributed by atoms with Gasteiger partial charge in [0.1, 0.15) is 0 Å². The summed E-state index contributed by atoms with van der Waals surface area (Å²) in [5.74, 6) is 0.711. The number of hydrogen-bond acceptors (Lipinski definition) is 6. The minimum Gasteiger partial charge on any atom is -0.348 e. The summed E-state index contributed by atoms with van der Waals surface area (Å²) < 4.78 is 1.74. The van der Waals surface area contributed by atoms with Crippen LogP contribution in [0.2, 0.25) is 5.02 Å². The Morgan fingerprint density at radius 3 is 2.50 bits per heavy atom. The van der Waals surface area contributed by atoms with Crippen LogP contribution in [0.3, 0.4) is 0 Å². The number of nitrogens with zero attached hydrogens (tertiary/aromatic N) is 6. The first kappa shape index (κ1) is 20.3. The van der Waals surface area contributed by atoms with Crippen LogP contribution in [-0.4, -0.2) is 63.7 Å². The van der Waals surface area contributed by atoms with Crippen LogP contribution < -0.4 is 10.2 Å². The molecule has 0 bridgehead atoms. The Kier molecular flexibility index (Phi) is 6.25. The number of piperazine rings is 1. The maximum absolute atomic E-state index is 12.5. The van der Waals surface area contributed by atoms with E-state index in [1.165, 1.54) is 0 Å². The van der Waals surface area contributed by atoms with Crippen molar-refractivity contribution >= 4 is 23.5 Å². The fourth-order valence-corrected chi connectivity index (χ4v) is 3.92. The van der Waals surface area contributed by atoms with Gasteiger partial charge in [0.05, 0.1) is 18.3 Å². The molecule has 1 aromatic heterocycles. The third-order valence-electron chi connectivity index (χ3n) is 5.23. The third-order valence-corrected chi connectivity index (χ3v) is 5.57. The number of carbonyl (C=O) groups is 1. The summed E-state index contributed by atoms with van der Waals surface area (Å²) in [6.45, 7) is 5.32. The van der Waals surface area contributed by atoms with Crippen molar-refractivity contribution in [1.82, 2.24) is 30.4 Å². The summed E-state index contributed by atoms with van der Waals surface area (Å²) in [7, 11) is 0. The van der Waals surface area contributed by atoms with Gasteiger partial charge in [0.25, 0.3) is 0 Å². The number of aromatic nitrogens is 4. The molecule has 1 unspecified atom stereocenters. The molecule has 1 atom stereocenters. The van der Waals surface area contributed by atoms with Crippen LogP contribution in [0.4, 0.5) is 5.95 Å². The van der Waals surface area contributed by atoms with E-state index in [9.17, 15) is 4.79 Å². The SMILES string of the molecule is CC(NC(=O)CN1CCN(c2nnnn2-c2ccccc2)CC1)c1ccccc1Cl. The molecule has 0 spiro atoms. The second-order valence-electron chi connectivity index (χ2n) is 7.30. The van der Waals surface area contributed by atoms with Gasteiger partial charge >= 0.3 is 0 Å². The number of nitrogens with one attached hydrogen (secondary N) is 1. The molecule has 1 saturated heterocycles. The second-order valence-corrected chi connectivity index (χ2v) is 7.71. The van der Waals surface area contributed by atoms with Crippen LogP contribution in [0.5, 0.6) is 0 Å². The molecule has 1 N–H and O–H groups in total. The lowest BCUT2D eigenvalue weighted by molar-refractivity contribution is -0.123. The molecular formula is C21H24ClN7O. The summed E-state index contributed by atoms with van der Waals surface area (Å²) in [4.78, 5) is 16.8. The van der Waals surface area contributed by atoms with E-state index in [-0.39, 0.29) is 11.9 Å². The van der Waals surface area contributed by atoms with Gasteiger partial charge in [-0.1, -0.05) is 53.1 Å². The Morgan fingerprint density at radius 1 is 1.07 bits per heavy atom. The summed E-state index contributed by atoms with van der Waals surface area (Å²) in [6, 6.07) is 17.3. The number of hydrogen-bond donors (Lipinski definition) is 1. The molecule has 2 aromatic carbocycles. The minimum absolute atomic E-state index is 0.00927. The average molecular weight is 426 g/mol. The standard InChI is InChI=1S/C21H24ClN7O/c1-16(18-9-5-6-10-19(18)22)23-20(30)15-27-11-13-28(14-12-27)21-24-25-26-29(21)17-7-3-2-4-8-17/h2-10,16H,11-15H2,1H3,(H,23,30). The van der Waals surface area contributed by atoms with Crippen LogP contribution in [0.1, 0.15) is 18.5 Å². The van der Waals surface area contributed by atoms with E-state index in [1.807, 2.05) is 61.5 Å². The second kappa shape index (κ2) is 9.23. The van der Waals surface area contributed by atoms with Crippen molar-refractivity contribution in [1.29, 1.82) is 0 Å². The van der Waals surface area contributed by atoms with Crippen LogP contribution in [0, 0.1) is 0 Å². The van der Waals surface area contributed by atoms with Crippen molar-refractivity contribution in [2.75, 3.05) is 37.6 Å². The lowest BCUT2D eigenvalue weighted by atomic mass is 10.1. The van der Waals surface area contributed by atoms with Gasteiger partial charge in [-0.05, 0) is 41.1 Å². The molecule has 1 aliphatic heterocycles. The van der Waals surface area contributed by atoms with E-state index in [0.717, 1.165) is 43.4 Å². The number of halogens is 1. The molecule has 4 rings (SSSR count). The summed E-state index contributed by atoms with van der Waals surface area (Å²) in [5, 5.41) is 15.9. The molecular weight excluding hydrogens is 402 g/mol. The van der Waals surface area contributed by atoms with Gasteiger partial charge in [0.15, 0.2) is 0 Å². The molecule has 156 valence electrons. The normalized spacial score (nSPS) is 15.7. The molecule has 1 aliphatic rings. The number of rotatable bonds is 6. The number of amides is 1. The molecule has 1 fully saturated rings. The Hall–Kier alpha value is -2.97. The highest BCUT2D eigenvalue weighted by molar-refractivity contribution is 6.31. The fourth-order valence-electron chi connectivity index (χ4n) is 3.62. The van der Waals surface area contributed by atoms with E-state index in [0.29, 0.717) is 11.6 Å². The molecule has 3 aromatic rings. The van der Waals surface area contributed by atoms with E-state index < -0.39 is 0 Å². The van der Waals surface area contributed by atoms with Crippen molar-refractivity contribution in [3.63, 3.8) is 0 Å². The van der Waals surface area contributed by atoms with Gasteiger partial charge in [-0.25, -0.2) is 0 Å². The molecule has 8 nitrogen and oxygen atoms in total. The van der Waals surface area contributed by atoms with E-state index in [2.05, 4.69) is 30.6 Å². The molecule has 1 amide bonds. The van der Waals surface area contributed by atoms with Crippen molar-refractivity contribution in [3.05, 3.63) is 65.2 Å². The smallest absolute Gasteiger partial charge is 0.250 e. The summed E-state index contributed by atoms with van der Waals surface area (Å²) >= 11 is 6.23. The minimum atomic E-state index is -0.136. The van der Waals surface area contributed by atoms with Crippen LogP contribution in [0.25, 0.3) is 5.69 Å². The number of tetrazole rings is 1. The monoisotopic (exact) mass is 425 g/mol. The summed E-state index contributed by atoms with van der Waals surface area (Å²) in [6.07, 6.45) is 0. The Balaban J connectivity index is 1.31. The molecule has 9 heteroatoms. The Labute approximate surface area is 180 Å². The molecule has 0 radical (unpaired) electrons. The molecule has 30 heavy (non-hydrogen) atoms. The first-order valence-electron chi connectivity index (χ1n) is 9.96. The average Bonchev–Trinajstić information content (AvgIpc) is 3.25. The number of carbonyl (C=O) groups excluding carboxylic acids is 1. The topological polar surface area (TPSA) is 79.2 Å². The van der Waals surface area contributed by atoms with Gasteiger partial charge in [-0.15, -0.1) is 0 Å². The Bertz CT molecular complexity index is 986. The number of para-hydroxylation sites is 1. The largest absolute Gasteiger partial charge is 0.348 e. The maximum atomic E-state index is 12.5. The summed E-state index contributed by atoms with van der Waals surface area (Å²) in [5.41, 5.74) is 1.85. The highest BCUT2D eigenvalue weighted by Gasteiger charge is 2.24. The fraction of sp³-hybridized carbons (Fsp3) is 0.333. The highest BCUT2D eigenvalue weighted by Crippen LogP contribution is 2.22. The van der Waals surface area contributed by atoms with Gasteiger partial charge in [-0.2, -0.15) is 4.68 Å². The van der Waals surface area contributed by atoms with Crippen molar-refractivity contribution in [3.8, 4) is 5.69 Å². The van der Waals surface area contributed by atoms with Crippen molar-refractivity contribution < 1.29 is 4.79 Å². The predicted molar refractivity (Wildman–Crippen MR) is 116 cm³/mol. The molecule has 0 aliphatic carbocycles. The zero-order valence-corrected chi connectivity index (χ0v) is 17.5. The van der Waals surface area contributed by atoms with Crippen molar-refractivity contribution in [2.45, 2.75) is 13.0 Å². The quantitative estimate of drug-likeness (QED) is 0.653. The third kappa shape index (κ3) is 4.60. The highest BCUT2D eigenvalue weighted by atomic mass is 35.5. The zero-order chi connectivity index (χ0) is 20.9. The van der Waals surface area contributed by atoms with E-state index in [1.54, 1.807) is 4.68 Å². The van der Waals surface area contributed by atoms with E-state index in [4.69, 9.17) is 11.6 Å². The van der Waals surface area contributed by atoms with Gasteiger partial charge in [0.2, 0.25) is 11.9 Å². The van der Waals surface area contributed by atoms with Crippen LogP contribution in [0.15, 0.2) is 54.6 Å². The van der Waals surface area contributed by atoms with Gasteiger partial charge in [0, 0.05) is 31.2 Å². The zero-order valence-electron chi connectivity index (χ0n) is 16.8. The van der Waals surface area contributed by atoms with Crippen LogP contribution in [-0.2, 0) is 4.79 Å². The lowest BCUT2D eigenvalue weighted by Crippen LogP contribution is -2.50. The number of anilines is 1. The molecule has 2 heterocycles. The van der Waals surface area contributed by atoms with Crippen LogP contribution >= 0.6 is 11.6 Å². The first-order chi connectivity index (χ1) is 14.6.